The second kappa shape index (κ2) is 13.1. The Kier molecular flexibility index (Phi) is 9.42. The van der Waals surface area contributed by atoms with Crippen molar-refractivity contribution in [2.24, 2.45) is 0 Å². The number of phenolic OH excluding ortho intramolecular Hbond substituents is 3. The number of fused-ring (bicyclic) bond motifs is 3. The van der Waals surface area contributed by atoms with Crippen LogP contribution in [0.2, 0.25) is 0 Å². The Morgan fingerprint density at radius 2 is 1.45 bits per heavy atom. The fraction of sp³-hybridized carbons (Fsp3) is 0.455. The highest BCUT2D eigenvalue weighted by Crippen LogP contribution is 2.57. The van der Waals surface area contributed by atoms with Gasteiger partial charge in [0.25, 0.3) is 0 Å². The molecule has 0 unspecified atom stereocenters. The van der Waals surface area contributed by atoms with Gasteiger partial charge in [0, 0.05) is 43.9 Å². The number of aromatic hydroxyl groups is 3. The Balaban J connectivity index is 1.72. The van der Waals surface area contributed by atoms with Crippen molar-refractivity contribution >= 4 is 35.4 Å². The molecule has 4 N–H and O–H groups in total. The lowest BCUT2D eigenvalue weighted by molar-refractivity contribution is -0.296. The molecule has 0 spiro atoms. The molecule has 2 aromatic rings. The van der Waals surface area contributed by atoms with E-state index in [2.05, 4.69) is 0 Å². The molecule has 16 heteroatoms. The average molecular weight is 687 g/mol. The van der Waals surface area contributed by atoms with Crippen LogP contribution in [-0.2, 0) is 47.6 Å². The minimum Gasteiger partial charge on any atom is -0.507 e. The van der Waals surface area contributed by atoms with Gasteiger partial charge in [0.05, 0.1) is 42.1 Å². The molecule has 0 saturated carbocycles. The van der Waals surface area contributed by atoms with E-state index in [4.69, 9.17) is 28.4 Å². The molecular weight excluding hydrogens is 652 g/mol. The zero-order valence-electron chi connectivity index (χ0n) is 27.0. The Bertz CT molecular complexity index is 1760. The second-order valence-electron chi connectivity index (χ2n) is 11.9. The van der Waals surface area contributed by atoms with E-state index in [1.165, 1.54) is 19.1 Å². The number of carbonyl (C=O) groups is 6. The summed E-state index contributed by atoms with van der Waals surface area (Å²) < 4.78 is 32.9. The molecule has 0 aromatic heterocycles. The third-order valence-corrected chi connectivity index (χ3v) is 8.83. The summed E-state index contributed by atoms with van der Waals surface area (Å²) >= 11 is 0. The topological polar surface area (TPSA) is 239 Å². The monoisotopic (exact) mass is 686 g/mol. The van der Waals surface area contributed by atoms with Crippen molar-refractivity contribution in [3.63, 3.8) is 0 Å². The van der Waals surface area contributed by atoms with Crippen LogP contribution < -0.4 is 0 Å². The first-order valence-corrected chi connectivity index (χ1v) is 15.2. The van der Waals surface area contributed by atoms with Crippen LogP contribution in [0.4, 0.5) is 0 Å². The Hall–Kier alpha value is -5.06. The third kappa shape index (κ3) is 5.95. The van der Waals surface area contributed by atoms with E-state index in [1.807, 2.05) is 0 Å². The molecule has 49 heavy (non-hydrogen) atoms. The first-order valence-electron chi connectivity index (χ1n) is 15.2. The largest absolute Gasteiger partial charge is 0.507 e. The van der Waals surface area contributed by atoms with Gasteiger partial charge in [-0.05, 0) is 12.5 Å². The first kappa shape index (κ1) is 35.3. The standard InChI is InChI=1S/C33H34O16/c1-6-33(43)10-17(49-32-30(48-14(4)36)29(47-13(3)35)18(11-45-32)46-12(2)34)20-21(24(33)31(42)44-5)28(41)22-23(27(20)40)26(39)19-15(25(22)38)8-7-9-16(19)37/h7-9,17-18,24,29-30,32,37,40-41,43H,6,10-11H2,1-5H3/t17-,18+,24-,29+,30+,32-,33+/m0/s1. The van der Waals surface area contributed by atoms with Crippen LogP contribution in [-0.4, -0.2) is 99.8 Å². The van der Waals surface area contributed by atoms with E-state index in [0.717, 1.165) is 33.9 Å². The summed E-state index contributed by atoms with van der Waals surface area (Å²) in [4.78, 5) is 76.9. The number of aliphatic hydroxyl groups is 1. The number of benzene rings is 2. The van der Waals surface area contributed by atoms with E-state index in [9.17, 15) is 49.2 Å². The molecule has 16 nitrogen and oxygen atoms in total. The first-order chi connectivity index (χ1) is 23.1. The van der Waals surface area contributed by atoms with Crippen LogP contribution >= 0.6 is 0 Å². The maximum absolute atomic E-state index is 13.8. The maximum atomic E-state index is 13.8. The summed E-state index contributed by atoms with van der Waals surface area (Å²) in [6.07, 6.45) is -8.30. The van der Waals surface area contributed by atoms with Gasteiger partial charge in [0.2, 0.25) is 5.78 Å². The molecule has 7 atom stereocenters. The fourth-order valence-electron chi connectivity index (χ4n) is 6.77. The molecule has 3 aliphatic rings. The lowest BCUT2D eigenvalue weighted by Gasteiger charge is -2.46. The molecule has 1 fully saturated rings. The predicted octanol–water partition coefficient (Wildman–Crippen LogP) is 1.59. The van der Waals surface area contributed by atoms with E-state index in [1.54, 1.807) is 0 Å². The van der Waals surface area contributed by atoms with Crippen LogP contribution in [0.15, 0.2) is 18.2 Å². The summed E-state index contributed by atoms with van der Waals surface area (Å²) in [5.74, 6) is -9.70. The van der Waals surface area contributed by atoms with Crippen molar-refractivity contribution in [2.75, 3.05) is 13.7 Å². The van der Waals surface area contributed by atoms with E-state index in [-0.39, 0.29) is 12.0 Å². The van der Waals surface area contributed by atoms with Crippen LogP contribution in [0.5, 0.6) is 17.2 Å². The van der Waals surface area contributed by atoms with Gasteiger partial charge in [-0.3, -0.25) is 28.8 Å². The summed E-state index contributed by atoms with van der Waals surface area (Å²) in [5.41, 5.74) is -5.09. The number of ether oxygens (including phenoxy) is 6. The van der Waals surface area contributed by atoms with Gasteiger partial charge < -0.3 is 48.8 Å². The molecule has 2 aliphatic carbocycles. The van der Waals surface area contributed by atoms with Gasteiger partial charge in [-0.2, -0.15) is 0 Å². The molecule has 0 bridgehead atoms. The van der Waals surface area contributed by atoms with Gasteiger partial charge in [0.1, 0.15) is 23.2 Å². The highest BCUT2D eigenvalue weighted by atomic mass is 16.7. The molecular formula is C33H34O16. The molecule has 1 aliphatic heterocycles. The van der Waals surface area contributed by atoms with E-state index >= 15 is 0 Å². The number of rotatable bonds is 7. The van der Waals surface area contributed by atoms with Crippen molar-refractivity contribution in [3.05, 3.63) is 51.6 Å². The SMILES string of the molecule is CC[C@@]1(O)C[C@H](O[C@@H]2OC[C@@H](OC(C)=O)[C@@H](OC(C)=O)[C@H]2OC(C)=O)c2c(O)c3c(c(O)c2[C@H]1C(=O)OC)C(=O)c1cccc(O)c1C3=O. The summed E-state index contributed by atoms with van der Waals surface area (Å²) in [7, 11) is 1.03. The minimum atomic E-state index is -2.08. The van der Waals surface area contributed by atoms with Crippen molar-refractivity contribution in [1.29, 1.82) is 0 Å². The quantitative estimate of drug-likeness (QED) is 0.157. The Morgan fingerprint density at radius 1 is 0.857 bits per heavy atom. The van der Waals surface area contributed by atoms with Crippen molar-refractivity contribution in [1.82, 2.24) is 0 Å². The zero-order valence-corrected chi connectivity index (χ0v) is 27.0. The summed E-state index contributed by atoms with van der Waals surface area (Å²) in [6.45, 7) is 4.25. The third-order valence-electron chi connectivity index (χ3n) is 8.83. The second-order valence-corrected chi connectivity index (χ2v) is 11.9. The summed E-state index contributed by atoms with van der Waals surface area (Å²) in [6, 6.07) is 3.69. The number of hydrogen-bond acceptors (Lipinski definition) is 16. The van der Waals surface area contributed by atoms with E-state index in [0.29, 0.717) is 0 Å². The smallest absolute Gasteiger partial charge is 0.316 e. The number of ketones is 2. The number of esters is 4. The zero-order chi connectivity index (χ0) is 36.1. The molecule has 2 aromatic carbocycles. The summed E-state index contributed by atoms with van der Waals surface area (Å²) in [5, 5.41) is 46.0. The van der Waals surface area contributed by atoms with Crippen LogP contribution in [0.25, 0.3) is 0 Å². The molecule has 0 amide bonds. The van der Waals surface area contributed by atoms with Gasteiger partial charge in [0.15, 0.2) is 30.4 Å². The normalized spacial score (nSPS) is 27.2. The number of carbonyl (C=O) groups excluding carboxylic acids is 6. The molecule has 5 rings (SSSR count). The predicted molar refractivity (Wildman–Crippen MR) is 160 cm³/mol. The highest BCUT2D eigenvalue weighted by Gasteiger charge is 2.56. The molecule has 262 valence electrons. The lowest BCUT2D eigenvalue weighted by atomic mass is 9.66. The van der Waals surface area contributed by atoms with Gasteiger partial charge in [-0.15, -0.1) is 0 Å². The van der Waals surface area contributed by atoms with Crippen molar-refractivity contribution in [2.45, 2.75) is 82.8 Å². The lowest BCUT2D eigenvalue weighted by Crippen LogP contribution is -2.58. The van der Waals surface area contributed by atoms with Gasteiger partial charge in [-0.25, -0.2) is 0 Å². The van der Waals surface area contributed by atoms with Gasteiger partial charge >= 0.3 is 23.9 Å². The number of phenols is 3. The molecule has 0 radical (unpaired) electrons. The van der Waals surface area contributed by atoms with Crippen LogP contribution in [0.1, 0.15) is 95.5 Å². The molecule has 1 saturated heterocycles. The van der Waals surface area contributed by atoms with Crippen molar-refractivity contribution < 1.29 is 77.6 Å². The van der Waals surface area contributed by atoms with Crippen molar-refractivity contribution in [3.8, 4) is 17.2 Å². The Morgan fingerprint density at radius 3 is 2.04 bits per heavy atom. The highest BCUT2D eigenvalue weighted by molar-refractivity contribution is 6.31. The number of methoxy groups -OCH3 is 1. The average Bonchev–Trinajstić information content (AvgIpc) is 3.02. The fourth-order valence-corrected chi connectivity index (χ4v) is 6.77. The maximum Gasteiger partial charge on any atom is 0.316 e. The minimum absolute atomic E-state index is 0.170. The van der Waals surface area contributed by atoms with Crippen LogP contribution in [0.3, 0.4) is 0 Å². The molecule has 1 heterocycles. The van der Waals surface area contributed by atoms with E-state index < -0.39 is 136 Å². The van der Waals surface area contributed by atoms with Crippen LogP contribution in [0, 0.1) is 0 Å². The Labute approximate surface area is 278 Å². The van der Waals surface area contributed by atoms with Gasteiger partial charge in [-0.1, -0.05) is 19.1 Å². The number of hydrogen-bond donors (Lipinski definition) is 4.